The number of hydrogen-bond donors (Lipinski definition) is 0. The van der Waals surface area contributed by atoms with E-state index in [9.17, 15) is 4.79 Å². The molecule has 0 unspecified atom stereocenters. The lowest BCUT2D eigenvalue weighted by Gasteiger charge is -2.24. The summed E-state index contributed by atoms with van der Waals surface area (Å²) in [5.41, 5.74) is 1.81. The third kappa shape index (κ3) is 4.11. The van der Waals surface area contributed by atoms with Gasteiger partial charge in [0.1, 0.15) is 5.76 Å². The quantitative estimate of drug-likeness (QED) is 0.817. The molecule has 0 saturated heterocycles. The smallest absolute Gasteiger partial charge is 0.239 e. The van der Waals surface area contributed by atoms with Crippen LogP contribution in [0.1, 0.15) is 25.3 Å². The molecular weight excluding hydrogens is 284 g/mol. The van der Waals surface area contributed by atoms with Crippen LogP contribution in [0.15, 0.2) is 40.9 Å². The lowest BCUT2D eigenvalue weighted by atomic mass is 10.2. The lowest BCUT2D eigenvalue weighted by Crippen LogP contribution is -2.36. The van der Waals surface area contributed by atoms with Crippen molar-refractivity contribution in [2.45, 2.75) is 31.8 Å². The van der Waals surface area contributed by atoms with Crippen molar-refractivity contribution in [1.29, 1.82) is 0 Å². The van der Waals surface area contributed by atoms with E-state index in [1.807, 2.05) is 62.1 Å². The van der Waals surface area contributed by atoms with E-state index in [4.69, 9.17) is 4.52 Å². The van der Waals surface area contributed by atoms with Crippen LogP contribution in [0.3, 0.4) is 0 Å². The zero-order valence-electron chi connectivity index (χ0n) is 12.6. The predicted octanol–water partition coefficient (Wildman–Crippen LogP) is 3.66. The third-order valence-corrected chi connectivity index (χ3v) is 4.32. The van der Waals surface area contributed by atoms with Gasteiger partial charge in [-0.3, -0.25) is 4.79 Å². The Balaban J connectivity index is 1.97. The van der Waals surface area contributed by atoms with Gasteiger partial charge in [-0.1, -0.05) is 23.4 Å². The molecule has 21 heavy (non-hydrogen) atoms. The first-order valence-corrected chi connectivity index (χ1v) is 8.07. The van der Waals surface area contributed by atoms with Crippen LogP contribution in [0.4, 0.5) is 5.69 Å². The number of aromatic nitrogens is 1. The number of nitrogens with zero attached hydrogens (tertiary/aromatic N) is 2. The summed E-state index contributed by atoms with van der Waals surface area (Å²) in [5, 5.41) is 3.83. The van der Waals surface area contributed by atoms with Crippen LogP contribution in [0, 0.1) is 6.92 Å². The van der Waals surface area contributed by atoms with E-state index in [0.29, 0.717) is 12.3 Å². The molecule has 112 valence electrons. The van der Waals surface area contributed by atoms with Gasteiger partial charge < -0.3 is 9.42 Å². The fourth-order valence-electron chi connectivity index (χ4n) is 2.06. The van der Waals surface area contributed by atoms with Crippen molar-refractivity contribution in [1.82, 2.24) is 5.16 Å². The van der Waals surface area contributed by atoms with Crippen molar-refractivity contribution < 1.29 is 9.32 Å². The SMILES string of the molecule is CCN(C(=O)[C@@H](C)SCc1cc(C)on1)c1ccccc1. The number of carbonyl (C=O) groups excluding carboxylic acids is 1. The molecule has 1 heterocycles. The Hall–Kier alpha value is -1.75. The number of aryl methyl sites for hydroxylation is 1. The maximum Gasteiger partial charge on any atom is 0.239 e. The van der Waals surface area contributed by atoms with Gasteiger partial charge in [0.15, 0.2) is 0 Å². The third-order valence-electron chi connectivity index (χ3n) is 3.16. The minimum atomic E-state index is -0.123. The van der Waals surface area contributed by atoms with E-state index < -0.39 is 0 Å². The van der Waals surface area contributed by atoms with E-state index in [1.165, 1.54) is 0 Å². The highest BCUT2D eigenvalue weighted by Gasteiger charge is 2.21. The number of amides is 1. The van der Waals surface area contributed by atoms with E-state index in [0.717, 1.165) is 17.1 Å². The van der Waals surface area contributed by atoms with Crippen LogP contribution in [0.5, 0.6) is 0 Å². The van der Waals surface area contributed by atoms with Gasteiger partial charge in [-0.05, 0) is 32.9 Å². The predicted molar refractivity (Wildman–Crippen MR) is 86.5 cm³/mol. The zero-order valence-corrected chi connectivity index (χ0v) is 13.4. The first-order chi connectivity index (χ1) is 10.1. The molecule has 0 aliphatic rings. The Labute approximate surface area is 129 Å². The fraction of sp³-hybridized carbons (Fsp3) is 0.375. The number of hydrogen-bond acceptors (Lipinski definition) is 4. The second kappa shape index (κ2) is 7.31. The minimum absolute atomic E-state index is 0.119. The monoisotopic (exact) mass is 304 g/mol. The van der Waals surface area contributed by atoms with Crippen molar-refractivity contribution in [3.05, 3.63) is 47.9 Å². The minimum Gasteiger partial charge on any atom is -0.361 e. The molecule has 0 aliphatic heterocycles. The lowest BCUT2D eigenvalue weighted by molar-refractivity contribution is -0.117. The van der Waals surface area contributed by atoms with Crippen LogP contribution >= 0.6 is 11.8 Å². The molecule has 0 bridgehead atoms. The molecule has 1 aromatic heterocycles. The summed E-state index contributed by atoms with van der Waals surface area (Å²) < 4.78 is 5.04. The van der Waals surface area contributed by atoms with Gasteiger partial charge in [-0.25, -0.2) is 0 Å². The Morgan fingerprint density at radius 2 is 2.10 bits per heavy atom. The molecule has 1 atom stereocenters. The van der Waals surface area contributed by atoms with Gasteiger partial charge in [0.25, 0.3) is 0 Å². The van der Waals surface area contributed by atoms with Gasteiger partial charge in [0.2, 0.25) is 5.91 Å². The van der Waals surface area contributed by atoms with Crippen LogP contribution in [-0.2, 0) is 10.5 Å². The van der Waals surface area contributed by atoms with E-state index in [2.05, 4.69) is 5.16 Å². The number of para-hydroxylation sites is 1. The van der Waals surface area contributed by atoms with Crippen molar-refractivity contribution >= 4 is 23.4 Å². The van der Waals surface area contributed by atoms with Gasteiger partial charge in [0, 0.05) is 24.1 Å². The average Bonchev–Trinajstić information content (AvgIpc) is 2.92. The molecule has 0 radical (unpaired) electrons. The Bertz CT molecular complexity index is 583. The van der Waals surface area contributed by atoms with Crippen molar-refractivity contribution in [2.75, 3.05) is 11.4 Å². The molecule has 0 fully saturated rings. The zero-order chi connectivity index (χ0) is 15.2. The number of rotatable bonds is 6. The van der Waals surface area contributed by atoms with Crippen molar-refractivity contribution in [3.8, 4) is 0 Å². The molecule has 5 heteroatoms. The van der Waals surface area contributed by atoms with Crippen LogP contribution in [0.25, 0.3) is 0 Å². The van der Waals surface area contributed by atoms with Gasteiger partial charge in [-0.15, -0.1) is 11.8 Å². The van der Waals surface area contributed by atoms with Crippen LogP contribution < -0.4 is 4.90 Å². The second-order valence-corrected chi connectivity index (χ2v) is 6.13. The highest BCUT2D eigenvalue weighted by atomic mass is 32.2. The molecule has 1 amide bonds. The topological polar surface area (TPSA) is 46.3 Å². The standard InChI is InChI=1S/C16H20N2O2S/c1-4-18(15-8-6-5-7-9-15)16(19)13(3)21-11-14-10-12(2)20-17-14/h5-10,13H,4,11H2,1-3H3/t13-/m1/s1. The first kappa shape index (κ1) is 15.6. The summed E-state index contributed by atoms with van der Waals surface area (Å²) in [6.07, 6.45) is 0. The molecule has 0 saturated carbocycles. The Morgan fingerprint density at radius 3 is 2.67 bits per heavy atom. The van der Waals surface area contributed by atoms with Gasteiger partial charge in [-0.2, -0.15) is 0 Å². The maximum atomic E-state index is 12.6. The number of benzene rings is 1. The number of carbonyl (C=O) groups is 1. The average molecular weight is 304 g/mol. The fourth-order valence-corrected chi connectivity index (χ4v) is 2.89. The summed E-state index contributed by atoms with van der Waals surface area (Å²) >= 11 is 1.58. The first-order valence-electron chi connectivity index (χ1n) is 7.02. The molecule has 0 aliphatic carbocycles. The molecule has 0 spiro atoms. The van der Waals surface area contributed by atoms with Crippen molar-refractivity contribution in [2.24, 2.45) is 0 Å². The van der Waals surface area contributed by atoms with E-state index >= 15 is 0 Å². The largest absolute Gasteiger partial charge is 0.361 e. The summed E-state index contributed by atoms with van der Waals surface area (Å²) in [6.45, 7) is 6.45. The second-order valence-electron chi connectivity index (χ2n) is 4.80. The van der Waals surface area contributed by atoms with Crippen LogP contribution in [0.2, 0.25) is 0 Å². The summed E-state index contributed by atoms with van der Waals surface area (Å²) in [7, 11) is 0. The molecule has 4 nitrogen and oxygen atoms in total. The van der Waals surface area contributed by atoms with Crippen LogP contribution in [-0.4, -0.2) is 22.9 Å². The molecule has 0 N–H and O–H groups in total. The summed E-state index contributed by atoms with van der Waals surface area (Å²) in [6, 6.07) is 11.7. The van der Waals surface area contributed by atoms with Crippen molar-refractivity contribution in [3.63, 3.8) is 0 Å². The Kier molecular flexibility index (Phi) is 5.44. The molecule has 1 aromatic carbocycles. The highest BCUT2D eigenvalue weighted by Crippen LogP contribution is 2.22. The molecule has 2 aromatic rings. The van der Waals surface area contributed by atoms with Gasteiger partial charge >= 0.3 is 0 Å². The Morgan fingerprint density at radius 1 is 1.38 bits per heavy atom. The summed E-state index contributed by atoms with van der Waals surface area (Å²) in [4.78, 5) is 14.4. The highest BCUT2D eigenvalue weighted by molar-refractivity contribution is 7.99. The van der Waals surface area contributed by atoms with Gasteiger partial charge in [0.05, 0.1) is 10.9 Å². The van der Waals surface area contributed by atoms with E-state index in [1.54, 1.807) is 11.8 Å². The number of thioether (sulfide) groups is 1. The van der Waals surface area contributed by atoms with E-state index in [-0.39, 0.29) is 11.2 Å². The molecule has 2 rings (SSSR count). The maximum absolute atomic E-state index is 12.6. The summed E-state index contributed by atoms with van der Waals surface area (Å²) in [5.74, 6) is 1.59. The normalized spacial score (nSPS) is 12.1. The number of anilines is 1. The molecular formula is C16H20N2O2S.